The normalized spacial score (nSPS) is 23.7. The Hall–Kier alpha value is -1.41. The summed E-state index contributed by atoms with van der Waals surface area (Å²) in [7, 11) is 0. The average molecular weight is 716 g/mol. The Morgan fingerprint density at radius 2 is 1.18 bits per heavy atom. The van der Waals surface area contributed by atoms with E-state index in [-0.39, 0.29) is 12.8 Å². The van der Waals surface area contributed by atoms with Crippen LogP contribution in [0, 0.1) is 0 Å². The minimum Gasteiger partial charge on any atom is -0.394 e. The molecule has 1 aliphatic heterocycles. The van der Waals surface area contributed by atoms with E-state index in [9.17, 15) is 40.5 Å². The third-order valence-electron chi connectivity index (χ3n) is 9.48. The SMILES string of the molecule is CCCCCC/C=C\CCC(O)C(=O)NC(COC1OC(CO)C(O)C(O)C1O)C(O)C(O)CCC/C=C/CCCCCCCCCCCC. The highest BCUT2D eigenvalue weighted by atomic mass is 16.7. The van der Waals surface area contributed by atoms with Crippen molar-refractivity contribution >= 4 is 5.91 Å². The molecule has 0 radical (unpaired) electrons. The summed E-state index contributed by atoms with van der Waals surface area (Å²) in [5.41, 5.74) is 0. The van der Waals surface area contributed by atoms with Gasteiger partial charge >= 0.3 is 0 Å². The van der Waals surface area contributed by atoms with Gasteiger partial charge < -0.3 is 50.5 Å². The molecule has 0 spiro atoms. The van der Waals surface area contributed by atoms with Crippen molar-refractivity contribution in [1.29, 1.82) is 0 Å². The van der Waals surface area contributed by atoms with Crippen molar-refractivity contribution in [2.24, 2.45) is 0 Å². The minimum absolute atomic E-state index is 0.168. The van der Waals surface area contributed by atoms with Crippen molar-refractivity contribution in [1.82, 2.24) is 5.32 Å². The third kappa shape index (κ3) is 20.6. The molecular weight excluding hydrogens is 642 g/mol. The number of rotatable bonds is 31. The molecule has 9 atom stereocenters. The molecule has 1 amide bonds. The molecule has 0 aliphatic carbocycles. The van der Waals surface area contributed by atoms with Crippen LogP contribution >= 0.6 is 0 Å². The van der Waals surface area contributed by atoms with Gasteiger partial charge in [0.2, 0.25) is 5.91 Å². The fraction of sp³-hybridized carbons (Fsp3) is 0.872. The van der Waals surface area contributed by atoms with E-state index in [0.717, 1.165) is 32.1 Å². The van der Waals surface area contributed by atoms with Gasteiger partial charge in [-0.15, -0.1) is 0 Å². The molecule has 0 aromatic heterocycles. The van der Waals surface area contributed by atoms with E-state index in [4.69, 9.17) is 9.47 Å². The summed E-state index contributed by atoms with van der Waals surface area (Å²) in [5, 5.41) is 75.0. The van der Waals surface area contributed by atoms with Gasteiger partial charge in [-0.05, 0) is 57.8 Å². The molecule has 1 rings (SSSR count). The lowest BCUT2D eigenvalue weighted by atomic mass is 9.99. The van der Waals surface area contributed by atoms with Gasteiger partial charge in [-0.1, -0.05) is 115 Å². The van der Waals surface area contributed by atoms with Crippen molar-refractivity contribution in [3.8, 4) is 0 Å². The van der Waals surface area contributed by atoms with Gasteiger partial charge in [-0.3, -0.25) is 4.79 Å². The van der Waals surface area contributed by atoms with Crippen LogP contribution in [0.5, 0.6) is 0 Å². The van der Waals surface area contributed by atoms with Gasteiger partial charge in [0.1, 0.15) is 36.6 Å². The zero-order chi connectivity index (χ0) is 37.0. The number of nitrogens with one attached hydrogen (secondary N) is 1. The van der Waals surface area contributed by atoms with E-state index in [1.54, 1.807) is 0 Å². The topological polar surface area (TPSA) is 189 Å². The Morgan fingerprint density at radius 1 is 0.680 bits per heavy atom. The Kier molecular flexibility index (Phi) is 28.1. The van der Waals surface area contributed by atoms with Crippen LogP contribution in [0.15, 0.2) is 24.3 Å². The smallest absolute Gasteiger partial charge is 0.249 e. The van der Waals surface area contributed by atoms with Gasteiger partial charge in [-0.25, -0.2) is 0 Å². The fourth-order valence-corrected chi connectivity index (χ4v) is 6.09. The van der Waals surface area contributed by atoms with Crippen molar-refractivity contribution in [3.63, 3.8) is 0 Å². The molecule has 11 nitrogen and oxygen atoms in total. The lowest BCUT2D eigenvalue weighted by Gasteiger charge is -2.40. The molecule has 0 aromatic rings. The summed E-state index contributed by atoms with van der Waals surface area (Å²) in [6, 6.07) is -1.19. The van der Waals surface area contributed by atoms with Gasteiger partial charge in [0, 0.05) is 0 Å². The average Bonchev–Trinajstić information content (AvgIpc) is 3.11. The predicted molar refractivity (Wildman–Crippen MR) is 196 cm³/mol. The number of ether oxygens (including phenoxy) is 2. The first-order valence-corrected chi connectivity index (χ1v) is 19.7. The number of carbonyl (C=O) groups excluding carboxylic acids is 1. The maximum atomic E-state index is 12.9. The number of amides is 1. The van der Waals surface area contributed by atoms with Gasteiger partial charge in [0.05, 0.1) is 25.4 Å². The number of hydrogen-bond acceptors (Lipinski definition) is 10. The van der Waals surface area contributed by atoms with Crippen molar-refractivity contribution < 1.29 is 50.0 Å². The largest absolute Gasteiger partial charge is 0.394 e. The van der Waals surface area contributed by atoms with Crippen LogP contribution in [0.25, 0.3) is 0 Å². The maximum absolute atomic E-state index is 12.9. The van der Waals surface area contributed by atoms with Crippen molar-refractivity contribution in [2.45, 2.75) is 204 Å². The Bertz CT molecular complexity index is 872. The number of aliphatic hydroxyl groups excluding tert-OH is 7. The van der Waals surface area contributed by atoms with E-state index < -0.39 is 74.2 Å². The first kappa shape index (κ1) is 46.6. The Labute approximate surface area is 302 Å². The highest BCUT2D eigenvalue weighted by Gasteiger charge is 2.44. The molecule has 9 unspecified atom stereocenters. The van der Waals surface area contributed by atoms with Crippen LogP contribution in [-0.2, 0) is 14.3 Å². The van der Waals surface area contributed by atoms with Crippen LogP contribution in [0.4, 0.5) is 0 Å². The maximum Gasteiger partial charge on any atom is 0.249 e. The Morgan fingerprint density at radius 3 is 1.74 bits per heavy atom. The first-order valence-electron chi connectivity index (χ1n) is 19.7. The summed E-state index contributed by atoms with van der Waals surface area (Å²) >= 11 is 0. The molecule has 294 valence electrons. The molecule has 11 heteroatoms. The summed E-state index contributed by atoms with van der Waals surface area (Å²) in [4.78, 5) is 12.9. The lowest BCUT2D eigenvalue weighted by Crippen LogP contribution is -2.60. The zero-order valence-corrected chi connectivity index (χ0v) is 31.1. The second-order valence-corrected chi connectivity index (χ2v) is 14.0. The first-order chi connectivity index (χ1) is 24.2. The van der Waals surface area contributed by atoms with Crippen LogP contribution in [-0.4, -0.2) is 110 Å². The van der Waals surface area contributed by atoms with E-state index >= 15 is 0 Å². The quantitative estimate of drug-likeness (QED) is 0.0369. The number of unbranched alkanes of at least 4 members (excludes halogenated alkanes) is 15. The predicted octanol–water partition coefficient (Wildman–Crippen LogP) is 4.71. The molecule has 1 saturated heterocycles. The number of carbonyl (C=O) groups is 1. The zero-order valence-electron chi connectivity index (χ0n) is 31.1. The second-order valence-electron chi connectivity index (χ2n) is 14.0. The standard InChI is InChI=1S/C39H73NO10/c1-3-5-7-9-11-13-14-15-16-17-18-19-21-22-24-26-31(42)34(44)30(29-49-39-37(47)36(46)35(45)33(28-41)50-39)40-38(48)32(43)27-25-23-20-12-10-8-6-4-2/h19-21,23,30-37,39,41-47H,3-18,22,24-29H2,1-2H3,(H,40,48)/b21-19+,23-20-. The molecular formula is C39H73NO10. The van der Waals surface area contributed by atoms with E-state index in [2.05, 4.69) is 31.3 Å². The van der Waals surface area contributed by atoms with Crippen LogP contribution in [0.1, 0.15) is 149 Å². The van der Waals surface area contributed by atoms with E-state index in [1.165, 1.54) is 77.0 Å². The molecule has 8 N–H and O–H groups in total. The van der Waals surface area contributed by atoms with E-state index in [0.29, 0.717) is 12.8 Å². The fourth-order valence-electron chi connectivity index (χ4n) is 6.09. The summed E-state index contributed by atoms with van der Waals surface area (Å²) in [6.45, 7) is 3.31. The molecule has 1 fully saturated rings. The van der Waals surface area contributed by atoms with Gasteiger partial charge in [0.15, 0.2) is 6.29 Å². The van der Waals surface area contributed by atoms with Gasteiger partial charge in [0.25, 0.3) is 0 Å². The van der Waals surface area contributed by atoms with Crippen molar-refractivity contribution in [2.75, 3.05) is 13.2 Å². The lowest BCUT2D eigenvalue weighted by molar-refractivity contribution is -0.303. The van der Waals surface area contributed by atoms with Crippen LogP contribution in [0.2, 0.25) is 0 Å². The molecule has 1 heterocycles. The highest BCUT2D eigenvalue weighted by molar-refractivity contribution is 5.80. The molecule has 0 aromatic carbocycles. The van der Waals surface area contributed by atoms with Crippen LogP contribution in [0.3, 0.4) is 0 Å². The summed E-state index contributed by atoms with van der Waals surface area (Å²) in [5.74, 6) is -0.745. The molecule has 1 aliphatic rings. The highest BCUT2D eigenvalue weighted by Crippen LogP contribution is 2.23. The summed E-state index contributed by atoms with van der Waals surface area (Å²) < 4.78 is 11.0. The number of aliphatic hydroxyl groups is 7. The number of allylic oxidation sites excluding steroid dienone is 4. The van der Waals surface area contributed by atoms with E-state index in [1.807, 2.05) is 12.2 Å². The van der Waals surface area contributed by atoms with Crippen molar-refractivity contribution in [3.05, 3.63) is 24.3 Å². The Balaban J connectivity index is 2.58. The molecule has 50 heavy (non-hydrogen) atoms. The molecule has 0 bridgehead atoms. The van der Waals surface area contributed by atoms with Crippen LogP contribution < -0.4 is 5.32 Å². The van der Waals surface area contributed by atoms with Gasteiger partial charge in [-0.2, -0.15) is 0 Å². The summed E-state index contributed by atoms with van der Waals surface area (Å²) in [6.07, 6.45) is 18.4. The minimum atomic E-state index is -1.67. The molecule has 0 saturated carbocycles. The third-order valence-corrected chi connectivity index (χ3v) is 9.48. The monoisotopic (exact) mass is 716 g/mol. The number of hydrogen-bond donors (Lipinski definition) is 8. The second kappa shape index (κ2) is 30.1.